The molecular formula is C15H21BrClN. The van der Waals surface area contributed by atoms with E-state index in [1.165, 1.54) is 5.56 Å². The predicted octanol–water partition coefficient (Wildman–Crippen LogP) is 4.84. The molecule has 0 aromatic heterocycles. The molecule has 0 aliphatic heterocycles. The number of hydrogen-bond acceptors (Lipinski definition) is 1. The van der Waals surface area contributed by atoms with Crippen LogP contribution in [0.5, 0.6) is 0 Å². The van der Waals surface area contributed by atoms with Crippen LogP contribution in [0, 0.1) is 11.3 Å². The monoisotopic (exact) mass is 329 g/mol. The van der Waals surface area contributed by atoms with Gasteiger partial charge in [-0.15, -0.1) is 0 Å². The highest BCUT2D eigenvalue weighted by molar-refractivity contribution is 9.10. The smallest absolute Gasteiger partial charge is 0.0550 e. The lowest BCUT2D eigenvalue weighted by Gasteiger charge is -2.08. The van der Waals surface area contributed by atoms with Crippen LogP contribution in [0.1, 0.15) is 39.2 Å². The lowest BCUT2D eigenvalue weighted by molar-refractivity contribution is 0.491. The maximum Gasteiger partial charge on any atom is 0.0550 e. The van der Waals surface area contributed by atoms with Gasteiger partial charge in [0.1, 0.15) is 0 Å². The Hall–Kier alpha value is -0.0500. The van der Waals surface area contributed by atoms with Gasteiger partial charge in [-0.1, -0.05) is 45.4 Å². The molecule has 0 saturated heterocycles. The van der Waals surface area contributed by atoms with Crippen molar-refractivity contribution in [2.75, 3.05) is 6.54 Å². The van der Waals surface area contributed by atoms with Crippen molar-refractivity contribution in [3.05, 3.63) is 33.3 Å². The summed E-state index contributed by atoms with van der Waals surface area (Å²) in [5, 5.41) is 4.36. The second kappa shape index (κ2) is 5.15. The van der Waals surface area contributed by atoms with Gasteiger partial charge in [-0.25, -0.2) is 0 Å². The third kappa shape index (κ3) is 2.76. The van der Waals surface area contributed by atoms with Crippen LogP contribution in [0.2, 0.25) is 5.02 Å². The molecule has 1 aromatic carbocycles. The van der Waals surface area contributed by atoms with Gasteiger partial charge in [-0.2, -0.15) is 0 Å². The van der Waals surface area contributed by atoms with Crippen LogP contribution in [0.25, 0.3) is 0 Å². The summed E-state index contributed by atoms with van der Waals surface area (Å²) in [5.41, 5.74) is 1.74. The maximum absolute atomic E-state index is 6.19. The Morgan fingerprint density at radius 1 is 1.39 bits per heavy atom. The van der Waals surface area contributed by atoms with Crippen LogP contribution in [0.15, 0.2) is 22.7 Å². The third-order valence-electron chi connectivity index (χ3n) is 4.10. The van der Waals surface area contributed by atoms with Crippen LogP contribution in [-0.2, 0) is 0 Å². The molecule has 1 saturated carbocycles. The van der Waals surface area contributed by atoms with E-state index in [0.29, 0.717) is 23.3 Å². The van der Waals surface area contributed by atoms with Crippen molar-refractivity contribution in [1.29, 1.82) is 0 Å². The second-order valence-electron chi connectivity index (χ2n) is 6.14. The Labute approximate surface area is 123 Å². The molecule has 1 aliphatic carbocycles. The Kier molecular flexibility index (Phi) is 4.10. The van der Waals surface area contributed by atoms with Gasteiger partial charge in [0.05, 0.1) is 5.02 Å². The minimum atomic E-state index is 0.374. The minimum Gasteiger partial charge on any atom is -0.314 e. The lowest BCUT2D eigenvalue weighted by atomic mass is 10.0. The van der Waals surface area contributed by atoms with Gasteiger partial charge in [0.25, 0.3) is 0 Å². The zero-order valence-corrected chi connectivity index (χ0v) is 13.8. The molecule has 0 amide bonds. The van der Waals surface area contributed by atoms with E-state index in [4.69, 9.17) is 11.6 Å². The zero-order valence-electron chi connectivity index (χ0n) is 11.4. The highest BCUT2D eigenvalue weighted by Crippen LogP contribution is 2.64. The molecule has 2 unspecified atom stereocenters. The molecule has 0 spiro atoms. The van der Waals surface area contributed by atoms with Crippen LogP contribution < -0.4 is 5.32 Å². The van der Waals surface area contributed by atoms with Gasteiger partial charge < -0.3 is 5.32 Å². The van der Waals surface area contributed by atoms with Crippen LogP contribution in [-0.4, -0.2) is 12.6 Å². The van der Waals surface area contributed by atoms with E-state index in [2.05, 4.69) is 67.1 Å². The first-order valence-corrected chi connectivity index (χ1v) is 7.69. The van der Waals surface area contributed by atoms with Crippen molar-refractivity contribution in [3.63, 3.8) is 0 Å². The Balaban J connectivity index is 2.11. The number of benzene rings is 1. The Bertz CT molecular complexity index is 442. The summed E-state index contributed by atoms with van der Waals surface area (Å²) >= 11 is 9.64. The molecule has 0 bridgehead atoms. The summed E-state index contributed by atoms with van der Waals surface area (Å²) in [4.78, 5) is 0. The summed E-state index contributed by atoms with van der Waals surface area (Å²) in [6, 6.07) is 6.90. The molecule has 100 valence electrons. The topological polar surface area (TPSA) is 12.0 Å². The van der Waals surface area contributed by atoms with E-state index < -0.39 is 0 Å². The van der Waals surface area contributed by atoms with Gasteiger partial charge >= 0.3 is 0 Å². The van der Waals surface area contributed by atoms with Crippen molar-refractivity contribution < 1.29 is 0 Å². The van der Waals surface area contributed by atoms with Crippen LogP contribution >= 0.6 is 27.5 Å². The molecule has 1 aromatic rings. The number of halogens is 2. The SMILES string of the molecule is CC(C)NCC1C(c2ccc(Br)c(Cl)c2)C1(C)C. The zero-order chi connectivity index (χ0) is 13.5. The molecule has 1 N–H and O–H groups in total. The normalized spacial score (nSPS) is 25.5. The lowest BCUT2D eigenvalue weighted by Crippen LogP contribution is -2.26. The van der Waals surface area contributed by atoms with E-state index in [1.807, 2.05) is 0 Å². The van der Waals surface area contributed by atoms with E-state index in [-0.39, 0.29) is 0 Å². The van der Waals surface area contributed by atoms with E-state index in [9.17, 15) is 0 Å². The summed E-state index contributed by atoms with van der Waals surface area (Å²) < 4.78 is 0.975. The van der Waals surface area contributed by atoms with Gasteiger partial charge in [-0.3, -0.25) is 0 Å². The molecule has 2 rings (SSSR count). The highest BCUT2D eigenvalue weighted by Gasteiger charge is 2.57. The quantitative estimate of drug-likeness (QED) is 0.833. The number of hydrogen-bond donors (Lipinski definition) is 1. The van der Waals surface area contributed by atoms with Gasteiger partial charge in [0, 0.05) is 10.5 Å². The largest absolute Gasteiger partial charge is 0.314 e. The first-order chi connectivity index (χ1) is 8.34. The maximum atomic E-state index is 6.19. The van der Waals surface area contributed by atoms with Crippen LogP contribution in [0.3, 0.4) is 0 Å². The molecule has 0 heterocycles. The fourth-order valence-electron chi connectivity index (χ4n) is 2.86. The summed E-state index contributed by atoms with van der Waals surface area (Å²) in [6.07, 6.45) is 0. The van der Waals surface area contributed by atoms with E-state index in [1.54, 1.807) is 0 Å². The van der Waals surface area contributed by atoms with E-state index in [0.717, 1.165) is 16.0 Å². The standard InChI is InChI=1S/C15H21BrClN/c1-9(2)18-8-11-14(15(11,3)4)10-5-6-12(16)13(17)7-10/h5-7,9,11,14,18H,8H2,1-4H3. The molecule has 1 fully saturated rings. The van der Waals surface area contributed by atoms with Gasteiger partial charge in [0.2, 0.25) is 0 Å². The summed E-state index contributed by atoms with van der Waals surface area (Å²) in [6.45, 7) is 10.2. The fourth-order valence-corrected chi connectivity index (χ4v) is 3.29. The Morgan fingerprint density at radius 3 is 2.61 bits per heavy atom. The van der Waals surface area contributed by atoms with Gasteiger partial charge in [-0.05, 0) is 57.4 Å². The van der Waals surface area contributed by atoms with Crippen molar-refractivity contribution in [1.82, 2.24) is 5.32 Å². The van der Waals surface area contributed by atoms with Crippen LogP contribution in [0.4, 0.5) is 0 Å². The molecule has 1 nitrogen and oxygen atoms in total. The summed E-state index contributed by atoms with van der Waals surface area (Å²) in [7, 11) is 0. The first-order valence-electron chi connectivity index (χ1n) is 6.52. The molecule has 0 radical (unpaired) electrons. The highest BCUT2D eigenvalue weighted by atomic mass is 79.9. The van der Waals surface area contributed by atoms with Crippen molar-refractivity contribution >= 4 is 27.5 Å². The fraction of sp³-hybridized carbons (Fsp3) is 0.600. The second-order valence-corrected chi connectivity index (χ2v) is 7.40. The van der Waals surface area contributed by atoms with Crippen molar-refractivity contribution in [2.45, 2.75) is 39.7 Å². The third-order valence-corrected chi connectivity index (χ3v) is 5.33. The predicted molar refractivity (Wildman–Crippen MR) is 82.3 cm³/mol. The van der Waals surface area contributed by atoms with Crippen molar-refractivity contribution in [2.24, 2.45) is 11.3 Å². The average Bonchev–Trinajstić information content (AvgIpc) is 2.82. The molecular weight excluding hydrogens is 310 g/mol. The summed E-state index contributed by atoms with van der Waals surface area (Å²) in [5.74, 6) is 1.33. The molecule has 1 aliphatic rings. The number of nitrogens with one attached hydrogen (secondary N) is 1. The first kappa shape index (κ1) is 14.4. The molecule has 18 heavy (non-hydrogen) atoms. The van der Waals surface area contributed by atoms with Crippen molar-refractivity contribution in [3.8, 4) is 0 Å². The van der Waals surface area contributed by atoms with Gasteiger partial charge in [0.15, 0.2) is 0 Å². The molecule has 3 heteroatoms. The Morgan fingerprint density at radius 2 is 2.06 bits per heavy atom. The minimum absolute atomic E-state index is 0.374. The average molecular weight is 331 g/mol. The van der Waals surface area contributed by atoms with E-state index >= 15 is 0 Å². The molecule has 2 atom stereocenters. The number of rotatable bonds is 4.